The van der Waals surface area contributed by atoms with Crippen LogP contribution in [0.1, 0.15) is 34.6 Å². The van der Waals surface area contributed by atoms with Gasteiger partial charge in [0.15, 0.2) is 5.78 Å². The van der Waals surface area contributed by atoms with Crippen LogP contribution in [0.3, 0.4) is 0 Å². The molecule has 0 saturated carbocycles. The van der Waals surface area contributed by atoms with Crippen LogP contribution in [0.4, 0.5) is 0 Å². The van der Waals surface area contributed by atoms with Crippen LogP contribution in [0.15, 0.2) is 0 Å². The number of ether oxygens (including phenoxy) is 3. The minimum Gasteiger partial charge on any atom is -0.374 e. The van der Waals surface area contributed by atoms with Gasteiger partial charge in [0.05, 0.1) is 32.0 Å². The molecule has 0 aliphatic carbocycles. The molecule has 0 radical (unpaired) electrons. The van der Waals surface area contributed by atoms with Crippen molar-refractivity contribution in [2.24, 2.45) is 0 Å². The molecule has 0 aromatic rings. The molecule has 2 heterocycles. The lowest BCUT2D eigenvalue weighted by Gasteiger charge is -2.39. The first kappa shape index (κ1) is 19.8. The van der Waals surface area contributed by atoms with E-state index < -0.39 is 0 Å². The minimum atomic E-state index is -0.292. The summed E-state index contributed by atoms with van der Waals surface area (Å²) in [5, 5.41) is 0. The number of morpholine rings is 2. The van der Waals surface area contributed by atoms with Crippen LogP contribution in [0.2, 0.25) is 0 Å². The van der Waals surface area contributed by atoms with Gasteiger partial charge < -0.3 is 14.2 Å². The van der Waals surface area contributed by atoms with E-state index in [0.29, 0.717) is 25.8 Å². The molecule has 2 fully saturated rings. The van der Waals surface area contributed by atoms with E-state index in [9.17, 15) is 4.79 Å². The molecule has 0 aromatic carbocycles. The molecule has 24 heavy (non-hydrogen) atoms. The van der Waals surface area contributed by atoms with Crippen molar-refractivity contribution in [3.05, 3.63) is 0 Å². The Labute approximate surface area is 146 Å². The fourth-order valence-corrected chi connectivity index (χ4v) is 3.27. The summed E-state index contributed by atoms with van der Waals surface area (Å²) in [6, 6.07) is 0.808. The zero-order valence-electron chi connectivity index (χ0n) is 15.9. The maximum absolute atomic E-state index is 11.5. The summed E-state index contributed by atoms with van der Waals surface area (Å²) in [6.07, 6.45) is -0.0958. The molecule has 6 heteroatoms. The van der Waals surface area contributed by atoms with Crippen LogP contribution in [-0.2, 0) is 19.0 Å². The Kier molecular flexibility index (Phi) is 7.62. The molecule has 0 N–H and O–H groups in total. The van der Waals surface area contributed by atoms with E-state index in [1.54, 1.807) is 6.92 Å². The summed E-state index contributed by atoms with van der Waals surface area (Å²) in [4.78, 5) is 16.2. The molecule has 0 spiro atoms. The zero-order valence-corrected chi connectivity index (χ0v) is 15.9. The monoisotopic (exact) mass is 342 g/mol. The van der Waals surface area contributed by atoms with Gasteiger partial charge in [0, 0.05) is 38.3 Å². The molecule has 4 atom stereocenters. The number of carbonyl (C=O) groups is 1. The van der Waals surface area contributed by atoms with Crippen molar-refractivity contribution in [2.75, 3.05) is 46.0 Å². The van der Waals surface area contributed by atoms with Crippen LogP contribution >= 0.6 is 0 Å². The van der Waals surface area contributed by atoms with Gasteiger partial charge in [0.25, 0.3) is 0 Å². The van der Waals surface area contributed by atoms with Crippen molar-refractivity contribution in [2.45, 2.75) is 65.0 Å². The quantitative estimate of drug-likeness (QED) is 0.692. The Hall–Kier alpha value is -0.530. The Morgan fingerprint density at radius 1 is 1.08 bits per heavy atom. The molecular formula is C18H34N2O4. The second-order valence-corrected chi connectivity index (χ2v) is 7.35. The van der Waals surface area contributed by atoms with Gasteiger partial charge in [-0.15, -0.1) is 0 Å². The van der Waals surface area contributed by atoms with Crippen LogP contribution in [0.5, 0.6) is 0 Å². The summed E-state index contributed by atoms with van der Waals surface area (Å²) in [7, 11) is 0. The van der Waals surface area contributed by atoms with Crippen LogP contribution in [-0.4, -0.2) is 92.0 Å². The van der Waals surface area contributed by atoms with Crippen LogP contribution < -0.4 is 0 Å². The number of carbonyl (C=O) groups excluding carboxylic acids is 1. The van der Waals surface area contributed by atoms with Gasteiger partial charge in [-0.25, -0.2) is 0 Å². The molecule has 140 valence electrons. The van der Waals surface area contributed by atoms with Gasteiger partial charge in [-0.05, 0) is 34.6 Å². The lowest BCUT2D eigenvalue weighted by molar-refractivity contribution is -0.138. The van der Waals surface area contributed by atoms with Crippen molar-refractivity contribution in [1.29, 1.82) is 0 Å². The molecule has 2 saturated heterocycles. The number of Topliss-reactive ketones (excluding diaryl/α,β-unsaturated/α-hetero) is 1. The summed E-state index contributed by atoms with van der Waals surface area (Å²) in [5.41, 5.74) is 0. The Morgan fingerprint density at radius 3 is 2.42 bits per heavy atom. The highest BCUT2D eigenvalue weighted by Crippen LogP contribution is 2.15. The summed E-state index contributed by atoms with van der Waals surface area (Å²) < 4.78 is 17.5. The molecule has 0 bridgehead atoms. The highest BCUT2D eigenvalue weighted by molar-refractivity contribution is 5.80. The summed E-state index contributed by atoms with van der Waals surface area (Å²) >= 11 is 0. The maximum atomic E-state index is 11.5. The van der Waals surface area contributed by atoms with Gasteiger partial charge in [-0.2, -0.15) is 0 Å². The average molecular weight is 342 g/mol. The van der Waals surface area contributed by atoms with Crippen molar-refractivity contribution in [3.63, 3.8) is 0 Å². The Bertz CT molecular complexity index is 404. The third-order valence-corrected chi connectivity index (χ3v) is 5.15. The minimum absolute atomic E-state index is 0.0682. The second kappa shape index (κ2) is 9.25. The number of hydrogen-bond donors (Lipinski definition) is 0. The molecule has 2 rings (SSSR count). The molecule has 2 aliphatic heterocycles. The van der Waals surface area contributed by atoms with E-state index in [4.69, 9.17) is 14.2 Å². The predicted molar refractivity (Wildman–Crippen MR) is 93.3 cm³/mol. The van der Waals surface area contributed by atoms with Crippen molar-refractivity contribution in [1.82, 2.24) is 9.80 Å². The third-order valence-electron chi connectivity index (χ3n) is 5.15. The first-order valence-electron chi connectivity index (χ1n) is 9.21. The summed E-state index contributed by atoms with van der Waals surface area (Å²) in [5.74, 6) is 0.102. The fraction of sp³-hybridized carbons (Fsp3) is 0.944. The van der Waals surface area contributed by atoms with E-state index in [1.165, 1.54) is 0 Å². The number of hydrogen-bond acceptors (Lipinski definition) is 6. The predicted octanol–water partition coefficient (Wildman–Crippen LogP) is 1.18. The lowest BCUT2D eigenvalue weighted by Crippen LogP contribution is -2.52. The summed E-state index contributed by atoms with van der Waals surface area (Å²) in [6.45, 7) is 15.8. The van der Waals surface area contributed by atoms with E-state index in [0.717, 1.165) is 26.2 Å². The highest BCUT2D eigenvalue weighted by Gasteiger charge is 2.30. The van der Waals surface area contributed by atoms with E-state index in [1.807, 2.05) is 0 Å². The van der Waals surface area contributed by atoms with Crippen LogP contribution in [0.25, 0.3) is 0 Å². The SMILES string of the molecule is CC(=O)[C@H]1CN(C(C)CO[C@@H](C)[C@H]2CN(C(C)C)CCO2)CCO1. The van der Waals surface area contributed by atoms with Gasteiger partial charge in [-0.1, -0.05) is 0 Å². The van der Waals surface area contributed by atoms with Gasteiger partial charge in [0.2, 0.25) is 0 Å². The molecule has 0 amide bonds. The smallest absolute Gasteiger partial charge is 0.159 e. The largest absolute Gasteiger partial charge is 0.374 e. The van der Waals surface area contributed by atoms with Gasteiger partial charge >= 0.3 is 0 Å². The van der Waals surface area contributed by atoms with Crippen molar-refractivity contribution < 1.29 is 19.0 Å². The first-order chi connectivity index (χ1) is 11.4. The molecule has 0 aromatic heterocycles. The number of ketones is 1. The number of rotatable bonds is 7. The third kappa shape index (κ3) is 5.49. The standard InChI is InChI=1S/C18H34N2O4/c1-13(2)19-6-8-23-18(11-19)16(5)24-12-14(3)20-7-9-22-17(10-20)15(4)21/h13-14,16-18H,6-12H2,1-5H3/t14?,16-,17+,18+/m0/s1. The van der Waals surface area contributed by atoms with Crippen molar-refractivity contribution >= 4 is 5.78 Å². The molecule has 6 nitrogen and oxygen atoms in total. The lowest BCUT2D eigenvalue weighted by atomic mass is 10.1. The van der Waals surface area contributed by atoms with Crippen LogP contribution in [0, 0.1) is 0 Å². The molecule has 2 aliphatic rings. The zero-order chi connectivity index (χ0) is 17.7. The fourth-order valence-electron chi connectivity index (χ4n) is 3.27. The van der Waals surface area contributed by atoms with Crippen molar-refractivity contribution in [3.8, 4) is 0 Å². The maximum Gasteiger partial charge on any atom is 0.159 e. The van der Waals surface area contributed by atoms with E-state index >= 15 is 0 Å². The highest BCUT2D eigenvalue weighted by atomic mass is 16.5. The first-order valence-corrected chi connectivity index (χ1v) is 9.21. The molecular weight excluding hydrogens is 308 g/mol. The number of nitrogens with zero attached hydrogens (tertiary/aromatic N) is 2. The Balaban J connectivity index is 1.76. The van der Waals surface area contributed by atoms with Gasteiger partial charge in [0.1, 0.15) is 6.10 Å². The average Bonchev–Trinajstić information content (AvgIpc) is 2.59. The topological polar surface area (TPSA) is 51.2 Å². The molecule has 1 unspecified atom stereocenters. The van der Waals surface area contributed by atoms with E-state index in [2.05, 4.69) is 37.5 Å². The van der Waals surface area contributed by atoms with E-state index in [-0.39, 0.29) is 30.1 Å². The normalized spacial score (nSPS) is 29.6. The second-order valence-electron chi connectivity index (χ2n) is 7.35. The van der Waals surface area contributed by atoms with Gasteiger partial charge in [-0.3, -0.25) is 14.6 Å². The Morgan fingerprint density at radius 2 is 1.75 bits per heavy atom.